The highest BCUT2D eigenvalue weighted by molar-refractivity contribution is 5.28. The van der Waals surface area contributed by atoms with Crippen LogP contribution >= 0.6 is 0 Å². The monoisotopic (exact) mass is 276 g/mol. The number of hydrogen-bond acceptors (Lipinski definition) is 2. The Labute approximate surface area is 117 Å². The highest BCUT2D eigenvalue weighted by Crippen LogP contribution is 2.33. The second kappa shape index (κ2) is 6.59. The molecule has 0 aliphatic rings. The van der Waals surface area contributed by atoms with E-state index in [1.807, 2.05) is 37.3 Å². The van der Waals surface area contributed by atoms with E-state index in [9.17, 15) is 8.78 Å². The number of hydrazine groups is 1. The van der Waals surface area contributed by atoms with Gasteiger partial charge in [0.15, 0.2) is 11.6 Å². The third-order valence-corrected chi connectivity index (χ3v) is 3.55. The normalized spacial score (nSPS) is 14.0. The topological polar surface area (TPSA) is 38.0 Å². The summed E-state index contributed by atoms with van der Waals surface area (Å²) in [6.07, 6.45) is 0.831. The van der Waals surface area contributed by atoms with Gasteiger partial charge in [0, 0.05) is 5.92 Å². The maximum absolute atomic E-state index is 13.4. The van der Waals surface area contributed by atoms with Crippen molar-refractivity contribution in [3.05, 3.63) is 71.3 Å². The number of nitrogens with two attached hydrogens (primary N) is 1. The van der Waals surface area contributed by atoms with Crippen molar-refractivity contribution >= 4 is 0 Å². The van der Waals surface area contributed by atoms with Gasteiger partial charge in [0.1, 0.15) is 0 Å². The fourth-order valence-corrected chi connectivity index (χ4v) is 2.51. The molecule has 0 saturated heterocycles. The Morgan fingerprint density at radius 2 is 1.70 bits per heavy atom. The van der Waals surface area contributed by atoms with Gasteiger partial charge >= 0.3 is 0 Å². The highest BCUT2D eigenvalue weighted by Gasteiger charge is 2.23. The molecule has 20 heavy (non-hydrogen) atoms. The van der Waals surface area contributed by atoms with Crippen molar-refractivity contribution in [1.29, 1.82) is 0 Å². The van der Waals surface area contributed by atoms with Crippen LogP contribution in [0.1, 0.15) is 36.4 Å². The summed E-state index contributed by atoms with van der Waals surface area (Å²) in [5, 5.41) is 0. The van der Waals surface area contributed by atoms with Crippen molar-refractivity contribution < 1.29 is 8.78 Å². The molecule has 2 aromatic rings. The third kappa shape index (κ3) is 3.03. The number of hydrogen-bond donors (Lipinski definition) is 2. The maximum atomic E-state index is 13.4. The summed E-state index contributed by atoms with van der Waals surface area (Å²) in [5.41, 5.74) is 4.48. The summed E-state index contributed by atoms with van der Waals surface area (Å²) >= 11 is 0. The molecule has 0 amide bonds. The lowest BCUT2D eigenvalue weighted by molar-refractivity contribution is 0.438. The molecule has 2 atom stereocenters. The fourth-order valence-electron chi connectivity index (χ4n) is 2.51. The molecule has 2 aromatic carbocycles. The first kappa shape index (κ1) is 14.6. The van der Waals surface area contributed by atoms with E-state index in [4.69, 9.17) is 5.84 Å². The molecule has 0 aromatic heterocycles. The number of halogens is 2. The Hall–Kier alpha value is -1.78. The first-order valence-corrected chi connectivity index (χ1v) is 6.63. The number of benzene rings is 2. The van der Waals surface area contributed by atoms with Gasteiger partial charge < -0.3 is 0 Å². The van der Waals surface area contributed by atoms with Gasteiger partial charge in [-0.25, -0.2) is 8.78 Å². The van der Waals surface area contributed by atoms with Crippen molar-refractivity contribution in [2.45, 2.75) is 25.3 Å². The molecule has 106 valence electrons. The van der Waals surface area contributed by atoms with Crippen LogP contribution in [0.2, 0.25) is 0 Å². The maximum Gasteiger partial charge on any atom is 0.159 e. The summed E-state index contributed by atoms with van der Waals surface area (Å²) < 4.78 is 26.4. The number of rotatable bonds is 5. The zero-order chi connectivity index (χ0) is 14.5. The first-order valence-electron chi connectivity index (χ1n) is 6.63. The summed E-state index contributed by atoms with van der Waals surface area (Å²) in [6, 6.07) is 13.5. The molecule has 0 spiro atoms. The van der Waals surface area contributed by atoms with Crippen LogP contribution in [0.4, 0.5) is 8.78 Å². The van der Waals surface area contributed by atoms with Crippen molar-refractivity contribution in [3.63, 3.8) is 0 Å². The van der Waals surface area contributed by atoms with Crippen LogP contribution < -0.4 is 11.3 Å². The third-order valence-electron chi connectivity index (χ3n) is 3.55. The van der Waals surface area contributed by atoms with E-state index in [0.29, 0.717) is 5.56 Å². The number of nitrogens with one attached hydrogen (secondary N) is 1. The SMILES string of the molecule is CCC(c1ccccc1)C(NN)c1ccc(F)c(F)c1. The molecule has 0 bridgehead atoms. The lowest BCUT2D eigenvalue weighted by Crippen LogP contribution is -2.32. The van der Waals surface area contributed by atoms with Gasteiger partial charge in [-0.05, 0) is 29.7 Å². The van der Waals surface area contributed by atoms with Gasteiger partial charge in [0.2, 0.25) is 0 Å². The second-order valence-electron chi connectivity index (χ2n) is 4.74. The molecule has 2 rings (SSSR count). The van der Waals surface area contributed by atoms with Crippen molar-refractivity contribution in [2.75, 3.05) is 0 Å². The van der Waals surface area contributed by atoms with Gasteiger partial charge in [0.25, 0.3) is 0 Å². The smallest absolute Gasteiger partial charge is 0.159 e. The largest absolute Gasteiger partial charge is 0.271 e. The van der Waals surface area contributed by atoms with Gasteiger partial charge in [0.05, 0.1) is 6.04 Å². The van der Waals surface area contributed by atoms with Crippen molar-refractivity contribution in [1.82, 2.24) is 5.43 Å². The summed E-state index contributed by atoms with van der Waals surface area (Å²) in [6.45, 7) is 2.04. The highest BCUT2D eigenvalue weighted by atomic mass is 19.2. The van der Waals surface area contributed by atoms with E-state index in [2.05, 4.69) is 5.43 Å². The van der Waals surface area contributed by atoms with Crippen molar-refractivity contribution in [3.8, 4) is 0 Å². The van der Waals surface area contributed by atoms with E-state index in [-0.39, 0.29) is 12.0 Å². The van der Waals surface area contributed by atoms with Crippen LogP contribution in [0, 0.1) is 11.6 Å². The van der Waals surface area contributed by atoms with Gasteiger partial charge in [-0.2, -0.15) is 0 Å². The average Bonchev–Trinajstić information content (AvgIpc) is 2.48. The minimum absolute atomic E-state index is 0.0889. The van der Waals surface area contributed by atoms with Crippen LogP contribution in [-0.4, -0.2) is 0 Å². The Morgan fingerprint density at radius 1 is 1.00 bits per heavy atom. The molecular weight excluding hydrogens is 258 g/mol. The minimum atomic E-state index is -0.856. The second-order valence-corrected chi connectivity index (χ2v) is 4.74. The zero-order valence-corrected chi connectivity index (χ0v) is 11.3. The van der Waals surface area contributed by atoms with E-state index < -0.39 is 11.6 Å². The first-order chi connectivity index (χ1) is 9.67. The van der Waals surface area contributed by atoms with Crippen molar-refractivity contribution in [2.24, 2.45) is 5.84 Å². The van der Waals surface area contributed by atoms with Crippen LogP contribution in [-0.2, 0) is 0 Å². The Bertz CT molecular complexity index is 558. The predicted octanol–water partition coefficient (Wildman–Crippen LogP) is 3.66. The molecule has 0 radical (unpaired) electrons. The van der Waals surface area contributed by atoms with Crippen LogP contribution in [0.5, 0.6) is 0 Å². The molecule has 2 unspecified atom stereocenters. The lowest BCUT2D eigenvalue weighted by Gasteiger charge is -2.26. The van der Waals surface area contributed by atoms with Crippen LogP contribution in [0.25, 0.3) is 0 Å². The Morgan fingerprint density at radius 3 is 2.25 bits per heavy atom. The van der Waals surface area contributed by atoms with Gasteiger partial charge in [-0.15, -0.1) is 0 Å². The molecule has 0 fully saturated rings. The molecule has 2 nitrogen and oxygen atoms in total. The average molecular weight is 276 g/mol. The minimum Gasteiger partial charge on any atom is -0.271 e. The Kier molecular flexibility index (Phi) is 4.82. The molecule has 0 heterocycles. The fraction of sp³-hybridized carbons (Fsp3) is 0.250. The van der Waals surface area contributed by atoms with Gasteiger partial charge in [-0.1, -0.05) is 43.3 Å². The summed E-state index contributed by atoms with van der Waals surface area (Å²) in [7, 11) is 0. The zero-order valence-electron chi connectivity index (χ0n) is 11.3. The van der Waals surface area contributed by atoms with Gasteiger partial charge in [-0.3, -0.25) is 11.3 Å². The summed E-state index contributed by atoms with van der Waals surface area (Å²) in [4.78, 5) is 0. The summed E-state index contributed by atoms with van der Waals surface area (Å²) in [5.74, 6) is 4.02. The van der Waals surface area contributed by atoms with E-state index >= 15 is 0 Å². The molecular formula is C16H18F2N2. The molecule has 4 heteroatoms. The predicted molar refractivity (Wildman–Crippen MR) is 75.9 cm³/mol. The van der Waals surface area contributed by atoms with E-state index in [1.54, 1.807) is 6.07 Å². The van der Waals surface area contributed by atoms with Crippen LogP contribution in [0.15, 0.2) is 48.5 Å². The quantitative estimate of drug-likeness (QED) is 0.646. The van der Waals surface area contributed by atoms with Crippen LogP contribution in [0.3, 0.4) is 0 Å². The molecule has 0 saturated carbocycles. The molecule has 0 aliphatic heterocycles. The van der Waals surface area contributed by atoms with E-state index in [1.165, 1.54) is 6.07 Å². The standard InChI is InChI=1S/C16H18F2N2/c1-2-13(11-6-4-3-5-7-11)16(20-19)12-8-9-14(17)15(18)10-12/h3-10,13,16,20H,2,19H2,1H3. The van der Waals surface area contributed by atoms with E-state index in [0.717, 1.165) is 18.1 Å². The Balaban J connectivity index is 2.36. The molecule has 3 N–H and O–H groups in total. The molecule has 0 aliphatic carbocycles. The lowest BCUT2D eigenvalue weighted by atomic mass is 9.85.